The molecule has 0 heterocycles. The van der Waals surface area contributed by atoms with E-state index in [1.165, 1.54) is 5.56 Å². The summed E-state index contributed by atoms with van der Waals surface area (Å²) < 4.78 is 5.36. The smallest absolute Gasteiger partial charge is 0.338 e. The first-order valence-corrected chi connectivity index (χ1v) is 6.09. The minimum absolute atomic E-state index is 0.272. The van der Waals surface area contributed by atoms with Gasteiger partial charge in [-0.25, -0.2) is 4.79 Å². The molecule has 2 rings (SSSR count). The molecule has 0 aliphatic heterocycles. The highest BCUT2D eigenvalue weighted by molar-refractivity contribution is 5.95. The minimum Gasteiger partial charge on any atom is -0.456 e. The zero-order chi connectivity index (χ0) is 13.3. The van der Waals surface area contributed by atoms with Gasteiger partial charge >= 0.3 is 5.97 Å². The van der Waals surface area contributed by atoms with Crippen LogP contribution in [-0.4, -0.2) is 11.6 Å². The summed E-state index contributed by atoms with van der Waals surface area (Å²) in [5, 5.41) is 2.20. The molecular formula is C16H18O2. The zero-order valence-corrected chi connectivity index (χ0v) is 11.3. The van der Waals surface area contributed by atoms with E-state index < -0.39 is 5.60 Å². The number of rotatable bonds is 1. The Morgan fingerprint density at radius 2 is 1.67 bits per heavy atom. The maximum absolute atomic E-state index is 12.0. The van der Waals surface area contributed by atoms with Crippen molar-refractivity contribution >= 4 is 16.7 Å². The lowest BCUT2D eigenvalue weighted by molar-refractivity contribution is 0.00697. The van der Waals surface area contributed by atoms with E-state index in [0.717, 1.165) is 10.8 Å². The van der Waals surface area contributed by atoms with Crippen LogP contribution >= 0.6 is 0 Å². The fourth-order valence-corrected chi connectivity index (χ4v) is 1.83. The summed E-state index contributed by atoms with van der Waals surface area (Å²) in [5.41, 5.74) is 1.32. The van der Waals surface area contributed by atoms with Crippen molar-refractivity contribution in [2.24, 2.45) is 0 Å². The average molecular weight is 242 g/mol. The van der Waals surface area contributed by atoms with Gasteiger partial charge in [0.2, 0.25) is 0 Å². The molecule has 0 aromatic heterocycles. The Labute approximate surface area is 108 Å². The lowest BCUT2D eigenvalue weighted by Crippen LogP contribution is -2.23. The van der Waals surface area contributed by atoms with Crippen LogP contribution in [0.25, 0.3) is 10.8 Å². The van der Waals surface area contributed by atoms with E-state index in [2.05, 4.69) is 18.2 Å². The van der Waals surface area contributed by atoms with Crippen LogP contribution in [0, 0.1) is 6.92 Å². The third kappa shape index (κ3) is 2.89. The molecule has 2 nitrogen and oxygen atoms in total. The predicted molar refractivity (Wildman–Crippen MR) is 73.9 cm³/mol. The van der Waals surface area contributed by atoms with Crippen LogP contribution in [0.15, 0.2) is 36.4 Å². The summed E-state index contributed by atoms with van der Waals surface area (Å²) in [6.07, 6.45) is 0. The van der Waals surface area contributed by atoms with Crippen LogP contribution in [0.3, 0.4) is 0 Å². The summed E-state index contributed by atoms with van der Waals surface area (Å²) in [6.45, 7) is 7.65. The average Bonchev–Trinajstić information content (AvgIpc) is 2.25. The summed E-state index contributed by atoms with van der Waals surface area (Å²) in [6, 6.07) is 11.8. The Kier molecular flexibility index (Phi) is 3.12. The molecule has 2 aromatic carbocycles. The maximum Gasteiger partial charge on any atom is 0.338 e. The van der Waals surface area contributed by atoms with Crippen molar-refractivity contribution in [3.05, 3.63) is 47.5 Å². The molecule has 0 atom stereocenters. The molecule has 0 aliphatic rings. The monoisotopic (exact) mass is 242 g/mol. The Morgan fingerprint density at radius 1 is 1.00 bits per heavy atom. The highest BCUT2D eigenvalue weighted by atomic mass is 16.6. The number of fused-ring (bicyclic) bond motifs is 1. The molecule has 0 aliphatic carbocycles. The first kappa shape index (κ1) is 12.6. The molecule has 0 radical (unpaired) electrons. The van der Waals surface area contributed by atoms with Crippen LogP contribution in [0.4, 0.5) is 0 Å². The molecule has 2 heteroatoms. The summed E-state index contributed by atoms with van der Waals surface area (Å²) in [7, 11) is 0. The molecule has 0 bridgehead atoms. The number of ether oxygens (including phenoxy) is 1. The number of carbonyl (C=O) groups is 1. The maximum atomic E-state index is 12.0. The van der Waals surface area contributed by atoms with Crippen molar-refractivity contribution in [1.29, 1.82) is 0 Å². The van der Waals surface area contributed by atoms with Gasteiger partial charge in [0.1, 0.15) is 5.60 Å². The topological polar surface area (TPSA) is 26.3 Å². The molecule has 0 spiro atoms. The van der Waals surface area contributed by atoms with Crippen LogP contribution in [0.1, 0.15) is 36.7 Å². The van der Waals surface area contributed by atoms with Crippen molar-refractivity contribution in [2.75, 3.05) is 0 Å². The molecule has 0 fully saturated rings. The quantitative estimate of drug-likeness (QED) is 0.704. The fourth-order valence-electron chi connectivity index (χ4n) is 1.83. The van der Waals surface area contributed by atoms with E-state index >= 15 is 0 Å². The summed E-state index contributed by atoms with van der Waals surface area (Å²) in [4.78, 5) is 12.0. The Morgan fingerprint density at radius 3 is 2.33 bits per heavy atom. The lowest BCUT2D eigenvalue weighted by atomic mass is 10.0. The number of hydrogen-bond donors (Lipinski definition) is 0. The van der Waals surface area contributed by atoms with E-state index in [0.29, 0.717) is 5.56 Å². The third-order valence-electron chi connectivity index (χ3n) is 2.63. The van der Waals surface area contributed by atoms with Crippen molar-refractivity contribution in [2.45, 2.75) is 33.3 Å². The van der Waals surface area contributed by atoms with Crippen LogP contribution in [0.2, 0.25) is 0 Å². The van der Waals surface area contributed by atoms with E-state index in [9.17, 15) is 4.79 Å². The first-order valence-electron chi connectivity index (χ1n) is 6.09. The predicted octanol–water partition coefficient (Wildman–Crippen LogP) is 4.10. The van der Waals surface area contributed by atoms with E-state index in [4.69, 9.17) is 4.74 Å². The number of benzene rings is 2. The second-order valence-corrected chi connectivity index (χ2v) is 5.57. The van der Waals surface area contributed by atoms with Gasteiger partial charge in [-0.1, -0.05) is 29.8 Å². The second kappa shape index (κ2) is 4.45. The van der Waals surface area contributed by atoms with Gasteiger partial charge in [-0.3, -0.25) is 0 Å². The normalized spacial score (nSPS) is 11.6. The van der Waals surface area contributed by atoms with Gasteiger partial charge in [0, 0.05) is 0 Å². The van der Waals surface area contributed by atoms with Gasteiger partial charge in [-0.15, -0.1) is 0 Å². The number of esters is 1. The van der Waals surface area contributed by atoms with Crippen LogP contribution in [-0.2, 0) is 4.74 Å². The minimum atomic E-state index is -0.460. The molecule has 0 saturated heterocycles. The van der Waals surface area contributed by atoms with Crippen LogP contribution < -0.4 is 0 Å². The molecule has 18 heavy (non-hydrogen) atoms. The molecule has 94 valence electrons. The lowest BCUT2D eigenvalue weighted by Gasteiger charge is -2.19. The Balaban J connectivity index is 2.37. The molecule has 0 unspecified atom stereocenters. The second-order valence-electron chi connectivity index (χ2n) is 5.57. The molecule has 2 aromatic rings. The molecule has 0 N–H and O–H groups in total. The number of carbonyl (C=O) groups excluding carboxylic acids is 1. The third-order valence-corrected chi connectivity index (χ3v) is 2.63. The first-order chi connectivity index (χ1) is 8.35. The van der Waals surface area contributed by atoms with Gasteiger partial charge in [-0.05, 0) is 50.6 Å². The standard InChI is InChI=1S/C16H18O2/c1-11-5-6-12-7-8-13(10-14(12)9-11)15(17)18-16(2,3)4/h5-10H,1-4H3. The summed E-state index contributed by atoms with van der Waals surface area (Å²) in [5.74, 6) is -0.272. The largest absolute Gasteiger partial charge is 0.456 e. The molecule has 0 saturated carbocycles. The number of hydrogen-bond acceptors (Lipinski definition) is 2. The summed E-state index contributed by atoms with van der Waals surface area (Å²) >= 11 is 0. The van der Waals surface area contributed by atoms with Gasteiger partial charge in [0.25, 0.3) is 0 Å². The zero-order valence-electron chi connectivity index (χ0n) is 11.3. The SMILES string of the molecule is Cc1ccc2ccc(C(=O)OC(C)(C)C)cc2c1. The molecule has 0 amide bonds. The highest BCUT2D eigenvalue weighted by Crippen LogP contribution is 2.19. The van der Waals surface area contributed by atoms with Gasteiger partial charge in [-0.2, -0.15) is 0 Å². The van der Waals surface area contributed by atoms with Gasteiger partial charge in [0.05, 0.1) is 5.56 Å². The fraction of sp³-hybridized carbons (Fsp3) is 0.312. The molecular weight excluding hydrogens is 224 g/mol. The van der Waals surface area contributed by atoms with E-state index in [-0.39, 0.29) is 5.97 Å². The van der Waals surface area contributed by atoms with Crippen molar-refractivity contribution in [3.63, 3.8) is 0 Å². The Bertz CT molecular complexity index is 592. The van der Waals surface area contributed by atoms with E-state index in [1.54, 1.807) is 0 Å². The van der Waals surface area contributed by atoms with Crippen molar-refractivity contribution in [3.8, 4) is 0 Å². The Hall–Kier alpha value is -1.83. The van der Waals surface area contributed by atoms with Crippen molar-refractivity contribution < 1.29 is 9.53 Å². The van der Waals surface area contributed by atoms with Crippen molar-refractivity contribution in [1.82, 2.24) is 0 Å². The highest BCUT2D eigenvalue weighted by Gasteiger charge is 2.17. The van der Waals surface area contributed by atoms with Gasteiger partial charge in [0.15, 0.2) is 0 Å². The van der Waals surface area contributed by atoms with Crippen LogP contribution in [0.5, 0.6) is 0 Å². The van der Waals surface area contributed by atoms with Gasteiger partial charge < -0.3 is 4.74 Å². The number of aryl methyl sites for hydroxylation is 1. The van der Waals surface area contributed by atoms with E-state index in [1.807, 2.05) is 45.9 Å².